The van der Waals surface area contributed by atoms with Crippen LogP contribution in [0.25, 0.3) is 0 Å². The minimum atomic E-state index is -0.802. The second kappa shape index (κ2) is 3.69. The average Bonchev–Trinajstić information content (AvgIpc) is 1.85. The highest BCUT2D eigenvalue weighted by molar-refractivity contribution is 5.67. The van der Waals surface area contributed by atoms with Gasteiger partial charge in [0, 0.05) is 6.42 Å². The Bertz CT molecular complexity index is 147. The summed E-state index contributed by atoms with van der Waals surface area (Å²) < 4.78 is 12.7. The van der Waals surface area contributed by atoms with E-state index in [0.29, 0.717) is 12.8 Å². The molecule has 0 aromatic carbocycles. The molecular weight excluding hydrogens is 147 g/mol. The zero-order valence-corrected chi connectivity index (χ0v) is 6.42. The number of rotatable bonds is 2. The Morgan fingerprint density at radius 3 is 2.82 bits per heavy atom. The van der Waals surface area contributed by atoms with Gasteiger partial charge in [-0.1, -0.05) is 6.42 Å². The standard InChI is InChI=1S/C8H13FO2/c9-7-3-1-2-6(4-7)5-8(10)11/h6-7H,1-5H2,(H,10,11). The fourth-order valence-corrected chi connectivity index (χ4v) is 1.66. The Hall–Kier alpha value is -0.600. The fourth-order valence-electron chi connectivity index (χ4n) is 1.66. The Morgan fingerprint density at radius 1 is 1.55 bits per heavy atom. The zero-order valence-electron chi connectivity index (χ0n) is 6.42. The molecule has 2 unspecified atom stereocenters. The van der Waals surface area contributed by atoms with E-state index < -0.39 is 12.1 Å². The molecule has 0 aromatic heterocycles. The zero-order chi connectivity index (χ0) is 8.27. The van der Waals surface area contributed by atoms with Crippen LogP contribution in [0.2, 0.25) is 0 Å². The number of carboxylic acids is 1. The summed E-state index contributed by atoms with van der Waals surface area (Å²) in [6.45, 7) is 0. The molecule has 1 aliphatic carbocycles. The van der Waals surface area contributed by atoms with Crippen molar-refractivity contribution in [2.75, 3.05) is 0 Å². The highest BCUT2D eigenvalue weighted by Crippen LogP contribution is 2.28. The topological polar surface area (TPSA) is 37.3 Å². The van der Waals surface area contributed by atoms with Gasteiger partial charge in [-0.3, -0.25) is 4.79 Å². The van der Waals surface area contributed by atoms with E-state index >= 15 is 0 Å². The second-order valence-corrected chi connectivity index (χ2v) is 3.23. The normalized spacial score (nSPS) is 31.7. The van der Waals surface area contributed by atoms with E-state index in [2.05, 4.69) is 0 Å². The summed E-state index contributed by atoms with van der Waals surface area (Å²) >= 11 is 0. The molecule has 1 N–H and O–H groups in total. The number of alkyl halides is 1. The van der Waals surface area contributed by atoms with Crippen LogP contribution in [0.3, 0.4) is 0 Å². The lowest BCUT2D eigenvalue weighted by Crippen LogP contribution is -2.18. The molecule has 0 aliphatic heterocycles. The predicted molar refractivity (Wildman–Crippen MR) is 39.1 cm³/mol. The van der Waals surface area contributed by atoms with E-state index in [9.17, 15) is 9.18 Å². The van der Waals surface area contributed by atoms with Gasteiger partial charge >= 0.3 is 5.97 Å². The number of halogens is 1. The van der Waals surface area contributed by atoms with Crippen LogP contribution in [0.4, 0.5) is 4.39 Å². The highest BCUT2D eigenvalue weighted by atomic mass is 19.1. The lowest BCUT2D eigenvalue weighted by Gasteiger charge is -2.22. The molecule has 0 amide bonds. The van der Waals surface area contributed by atoms with E-state index in [1.807, 2.05) is 0 Å². The van der Waals surface area contributed by atoms with Gasteiger partial charge in [0.05, 0.1) is 0 Å². The van der Waals surface area contributed by atoms with Crippen molar-refractivity contribution in [3.05, 3.63) is 0 Å². The number of carbonyl (C=O) groups is 1. The van der Waals surface area contributed by atoms with Crippen LogP contribution < -0.4 is 0 Å². The first-order chi connectivity index (χ1) is 5.18. The Morgan fingerprint density at radius 2 is 2.27 bits per heavy atom. The van der Waals surface area contributed by atoms with Gasteiger partial charge in [-0.15, -0.1) is 0 Å². The van der Waals surface area contributed by atoms with Crippen LogP contribution in [0, 0.1) is 5.92 Å². The maximum Gasteiger partial charge on any atom is 0.303 e. The SMILES string of the molecule is O=C(O)CC1CCCC(F)C1. The molecule has 2 nitrogen and oxygen atoms in total. The highest BCUT2D eigenvalue weighted by Gasteiger charge is 2.22. The summed E-state index contributed by atoms with van der Waals surface area (Å²) in [5.74, 6) is -0.722. The molecule has 0 heterocycles. The molecule has 0 radical (unpaired) electrons. The second-order valence-electron chi connectivity index (χ2n) is 3.23. The van der Waals surface area contributed by atoms with Crippen LogP contribution in [-0.2, 0) is 4.79 Å². The Kier molecular flexibility index (Phi) is 2.85. The maximum absolute atomic E-state index is 12.7. The molecular formula is C8H13FO2. The van der Waals surface area contributed by atoms with Crippen molar-refractivity contribution < 1.29 is 14.3 Å². The largest absolute Gasteiger partial charge is 0.481 e. The molecule has 64 valence electrons. The van der Waals surface area contributed by atoms with E-state index in [-0.39, 0.29) is 12.3 Å². The van der Waals surface area contributed by atoms with Gasteiger partial charge in [0.2, 0.25) is 0 Å². The smallest absolute Gasteiger partial charge is 0.303 e. The van der Waals surface area contributed by atoms with Crippen LogP contribution in [0.5, 0.6) is 0 Å². The van der Waals surface area contributed by atoms with E-state index in [4.69, 9.17) is 5.11 Å². The van der Waals surface area contributed by atoms with E-state index in [1.54, 1.807) is 0 Å². The summed E-state index contributed by atoms with van der Waals surface area (Å²) in [5, 5.41) is 8.43. The van der Waals surface area contributed by atoms with Gasteiger partial charge in [0.1, 0.15) is 6.17 Å². The van der Waals surface area contributed by atoms with Crippen LogP contribution >= 0.6 is 0 Å². The van der Waals surface area contributed by atoms with Crippen LogP contribution in [0.15, 0.2) is 0 Å². The van der Waals surface area contributed by atoms with Gasteiger partial charge < -0.3 is 5.11 Å². The Labute approximate surface area is 65.4 Å². The fraction of sp³-hybridized carbons (Fsp3) is 0.875. The predicted octanol–water partition coefficient (Wildman–Crippen LogP) is 1.99. The van der Waals surface area contributed by atoms with Crippen molar-refractivity contribution in [1.82, 2.24) is 0 Å². The molecule has 0 aromatic rings. The van der Waals surface area contributed by atoms with Crippen molar-refractivity contribution in [2.45, 2.75) is 38.3 Å². The number of hydrogen-bond donors (Lipinski definition) is 1. The molecule has 0 bridgehead atoms. The first kappa shape index (κ1) is 8.50. The molecule has 1 aliphatic rings. The molecule has 2 atom stereocenters. The van der Waals surface area contributed by atoms with Gasteiger partial charge in [0.15, 0.2) is 0 Å². The monoisotopic (exact) mass is 160 g/mol. The van der Waals surface area contributed by atoms with E-state index in [0.717, 1.165) is 12.8 Å². The van der Waals surface area contributed by atoms with Crippen LogP contribution in [-0.4, -0.2) is 17.2 Å². The Balaban J connectivity index is 2.28. The van der Waals surface area contributed by atoms with Crippen molar-refractivity contribution >= 4 is 5.97 Å². The summed E-state index contributed by atoms with van der Waals surface area (Å²) in [4.78, 5) is 10.3. The molecule has 3 heteroatoms. The first-order valence-electron chi connectivity index (χ1n) is 4.04. The van der Waals surface area contributed by atoms with Gasteiger partial charge in [-0.25, -0.2) is 4.39 Å². The first-order valence-corrected chi connectivity index (χ1v) is 4.04. The third-order valence-corrected chi connectivity index (χ3v) is 2.18. The lowest BCUT2D eigenvalue weighted by atomic mass is 9.86. The van der Waals surface area contributed by atoms with Crippen molar-refractivity contribution in [2.24, 2.45) is 5.92 Å². The minimum absolute atomic E-state index is 0.0799. The van der Waals surface area contributed by atoms with Crippen LogP contribution in [0.1, 0.15) is 32.1 Å². The van der Waals surface area contributed by atoms with Crippen molar-refractivity contribution in [3.63, 3.8) is 0 Å². The van der Waals surface area contributed by atoms with Gasteiger partial charge in [-0.05, 0) is 25.2 Å². The molecule has 0 saturated heterocycles. The summed E-state index contributed by atoms with van der Waals surface area (Å²) in [6.07, 6.45) is 2.18. The number of aliphatic carboxylic acids is 1. The average molecular weight is 160 g/mol. The van der Waals surface area contributed by atoms with Gasteiger partial charge in [0.25, 0.3) is 0 Å². The van der Waals surface area contributed by atoms with Crippen molar-refractivity contribution in [3.8, 4) is 0 Å². The quantitative estimate of drug-likeness (QED) is 0.670. The van der Waals surface area contributed by atoms with E-state index in [1.165, 1.54) is 0 Å². The lowest BCUT2D eigenvalue weighted by molar-refractivity contribution is -0.138. The number of hydrogen-bond acceptors (Lipinski definition) is 1. The minimum Gasteiger partial charge on any atom is -0.481 e. The number of carboxylic acid groups (broad SMARTS) is 1. The maximum atomic E-state index is 12.7. The molecule has 1 fully saturated rings. The third kappa shape index (κ3) is 2.87. The summed E-state index contributed by atoms with van der Waals surface area (Å²) in [7, 11) is 0. The van der Waals surface area contributed by atoms with Crippen molar-refractivity contribution in [1.29, 1.82) is 0 Å². The molecule has 11 heavy (non-hydrogen) atoms. The molecule has 1 saturated carbocycles. The summed E-state index contributed by atoms with van der Waals surface area (Å²) in [5.41, 5.74) is 0. The molecule has 1 rings (SSSR count). The third-order valence-electron chi connectivity index (χ3n) is 2.18. The summed E-state index contributed by atoms with van der Waals surface area (Å²) in [6, 6.07) is 0. The van der Waals surface area contributed by atoms with Gasteiger partial charge in [-0.2, -0.15) is 0 Å². The molecule has 0 spiro atoms.